The van der Waals surface area contributed by atoms with Gasteiger partial charge < -0.3 is 21.7 Å². The van der Waals surface area contributed by atoms with Crippen molar-refractivity contribution in [2.45, 2.75) is 31.3 Å². The van der Waals surface area contributed by atoms with Gasteiger partial charge in [0.1, 0.15) is 5.82 Å². The third kappa shape index (κ3) is 4.42. The molecule has 21 heavy (non-hydrogen) atoms. The van der Waals surface area contributed by atoms with E-state index in [2.05, 4.69) is 15.2 Å². The van der Waals surface area contributed by atoms with Crippen molar-refractivity contribution in [1.82, 2.24) is 10.3 Å². The molecule has 0 spiro atoms. The highest BCUT2D eigenvalue weighted by Gasteiger charge is 2.24. The van der Waals surface area contributed by atoms with E-state index in [1.807, 2.05) is 18.2 Å². The van der Waals surface area contributed by atoms with Crippen molar-refractivity contribution in [3.05, 3.63) is 24.4 Å². The lowest BCUT2D eigenvalue weighted by atomic mass is 10.0. The summed E-state index contributed by atoms with van der Waals surface area (Å²) in [5.41, 5.74) is 10.7. The van der Waals surface area contributed by atoms with Gasteiger partial charge in [-0.05, 0) is 25.0 Å². The van der Waals surface area contributed by atoms with Crippen LogP contribution in [0.15, 0.2) is 24.4 Å². The number of nitrogens with two attached hydrogens (primary N) is 2. The van der Waals surface area contributed by atoms with E-state index in [0.717, 1.165) is 31.7 Å². The monoisotopic (exact) mass is 291 g/mol. The van der Waals surface area contributed by atoms with Crippen LogP contribution in [0.1, 0.15) is 19.3 Å². The molecule has 1 aromatic heterocycles. The molecule has 0 saturated carbocycles. The summed E-state index contributed by atoms with van der Waals surface area (Å²) in [7, 11) is 0. The minimum absolute atomic E-state index is 0.0800. The lowest BCUT2D eigenvalue weighted by molar-refractivity contribution is -0.126. The first-order chi connectivity index (χ1) is 10.1. The van der Waals surface area contributed by atoms with Gasteiger partial charge in [-0.2, -0.15) is 0 Å². The highest BCUT2D eigenvalue weighted by molar-refractivity contribution is 5.87. The van der Waals surface area contributed by atoms with Crippen LogP contribution in [0.3, 0.4) is 0 Å². The first-order valence-corrected chi connectivity index (χ1v) is 7.06. The molecule has 1 aliphatic rings. The Morgan fingerprint density at radius 2 is 2.10 bits per heavy atom. The van der Waals surface area contributed by atoms with E-state index in [9.17, 15) is 9.59 Å². The Balaban J connectivity index is 1.79. The Hall–Kier alpha value is -2.15. The van der Waals surface area contributed by atoms with Crippen LogP contribution in [-0.4, -0.2) is 42.0 Å². The Kier molecular flexibility index (Phi) is 5.10. The minimum Gasteiger partial charge on any atom is -0.370 e. The molecule has 1 aromatic rings. The molecular weight excluding hydrogens is 270 g/mol. The summed E-state index contributed by atoms with van der Waals surface area (Å²) in [6.45, 7) is 1.65. The molecule has 2 rings (SSSR count). The predicted octanol–water partition coefficient (Wildman–Crippen LogP) is -0.631. The molecule has 1 saturated heterocycles. The zero-order valence-electron chi connectivity index (χ0n) is 11.9. The van der Waals surface area contributed by atoms with Crippen molar-refractivity contribution in [2.24, 2.45) is 11.5 Å². The molecule has 0 aromatic carbocycles. The molecule has 1 aliphatic heterocycles. The molecule has 1 fully saturated rings. The van der Waals surface area contributed by atoms with Crippen molar-refractivity contribution in [2.75, 3.05) is 18.0 Å². The van der Waals surface area contributed by atoms with E-state index in [0.29, 0.717) is 0 Å². The smallest absolute Gasteiger partial charge is 0.237 e. The number of aromatic nitrogens is 1. The van der Waals surface area contributed by atoms with Crippen molar-refractivity contribution in [1.29, 1.82) is 0 Å². The summed E-state index contributed by atoms with van der Waals surface area (Å²) in [6.07, 6.45) is 3.29. The highest BCUT2D eigenvalue weighted by atomic mass is 16.2. The van der Waals surface area contributed by atoms with E-state index < -0.39 is 11.9 Å². The normalized spacial score (nSPS) is 17.3. The van der Waals surface area contributed by atoms with E-state index >= 15 is 0 Å². The maximum atomic E-state index is 11.8. The fourth-order valence-electron chi connectivity index (χ4n) is 2.41. The zero-order chi connectivity index (χ0) is 15.2. The first kappa shape index (κ1) is 15.2. The van der Waals surface area contributed by atoms with Crippen LogP contribution in [0, 0.1) is 0 Å². The van der Waals surface area contributed by atoms with Crippen LogP contribution in [0.4, 0.5) is 5.82 Å². The van der Waals surface area contributed by atoms with Crippen molar-refractivity contribution in [3.63, 3.8) is 0 Å². The SMILES string of the molecule is NC(=O)CC(N)C(=O)NC1CCN(c2ccccn2)CC1. The van der Waals surface area contributed by atoms with Crippen LogP contribution >= 0.6 is 0 Å². The molecule has 114 valence electrons. The summed E-state index contributed by atoms with van der Waals surface area (Å²) in [4.78, 5) is 29.1. The van der Waals surface area contributed by atoms with Gasteiger partial charge in [-0.3, -0.25) is 9.59 Å². The first-order valence-electron chi connectivity index (χ1n) is 7.06. The number of carbonyl (C=O) groups is 2. The van der Waals surface area contributed by atoms with Gasteiger partial charge in [0.2, 0.25) is 11.8 Å². The van der Waals surface area contributed by atoms with Crippen LogP contribution in [0.5, 0.6) is 0 Å². The number of amides is 2. The molecule has 0 radical (unpaired) electrons. The van der Waals surface area contributed by atoms with Gasteiger partial charge in [0, 0.05) is 25.3 Å². The van der Waals surface area contributed by atoms with E-state index in [4.69, 9.17) is 11.5 Å². The molecule has 5 N–H and O–H groups in total. The zero-order valence-corrected chi connectivity index (χ0v) is 11.9. The third-order valence-electron chi connectivity index (χ3n) is 3.57. The number of hydrogen-bond donors (Lipinski definition) is 3. The van der Waals surface area contributed by atoms with Gasteiger partial charge in [-0.1, -0.05) is 6.07 Å². The topological polar surface area (TPSA) is 114 Å². The van der Waals surface area contributed by atoms with E-state index in [-0.39, 0.29) is 18.4 Å². The number of nitrogens with zero attached hydrogens (tertiary/aromatic N) is 2. The summed E-state index contributed by atoms with van der Waals surface area (Å²) in [6, 6.07) is 5.03. The molecule has 2 amide bonds. The Morgan fingerprint density at radius 3 is 2.67 bits per heavy atom. The number of rotatable bonds is 5. The third-order valence-corrected chi connectivity index (χ3v) is 3.57. The molecule has 2 heterocycles. The summed E-state index contributed by atoms with van der Waals surface area (Å²) in [5, 5.41) is 2.88. The standard InChI is InChI=1S/C14H21N5O2/c15-11(9-12(16)20)14(21)18-10-4-7-19(8-5-10)13-3-1-2-6-17-13/h1-3,6,10-11H,4-5,7-9,15H2,(H2,16,20)(H,18,21). The molecule has 1 atom stereocenters. The van der Waals surface area contributed by atoms with Gasteiger partial charge in [0.05, 0.1) is 12.5 Å². The van der Waals surface area contributed by atoms with Crippen molar-refractivity contribution < 1.29 is 9.59 Å². The number of pyridine rings is 1. The van der Waals surface area contributed by atoms with Gasteiger partial charge in [0.25, 0.3) is 0 Å². The van der Waals surface area contributed by atoms with E-state index in [1.54, 1.807) is 6.20 Å². The minimum atomic E-state index is -0.865. The number of primary amides is 1. The van der Waals surface area contributed by atoms with Crippen LogP contribution in [0.25, 0.3) is 0 Å². The van der Waals surface area contributed by atoms with Gasteiger partial charge in [-0.25, -0.2) is 4.98 Å². The number of anilines is 1. The summed E-state index contributed by atoms with van der Waals surface area (Å²) < 4.78 is 0. The quantitative estimate of drug-likeness (QED) is 0.668. The Labute approximate surface area is 123 Å². The fraction of sp³-hybridized carbons (Fsp3) is 0.500. The Bertz CT molecular complexity index is 485. The molecule has 1 unspecified atom stereocenters. The second-order valence-electron chi connectivity index (χ2n) is 5.23. The van der Waals surface area contributed by atoms with Crippen LogP contribution in [0.2, 0.25) is 0 Å². The number of hydrogen-bond acceptors (Lipinski definition) is 5. The second-order valence-corrected chi connectivity index (χ2v) is 5.23. The average molecular weight is 291 g/mol. The molecule has 7 heteroatoms. The van der Waals surface area contributed by atoms with Gasteiger partial charge >= 0.3 is 0 Å². The second kappa shape index (κ2) is 7.03. The molecule has 0 bridgehead atoms. The van der Waals surface area contributed by atoms with Gasteiger partial charge in [0.15, 0.2) is 0 Å². The fourth-order valence-corrected chi connectivity index (χ4v) is 2.41. The number of nitrogens with one attached hydrogen (secondary N) is 1. The average Bonchev–Trinajstić information content (AvgIpc) is 2.48. The van der Waals surface area contributed by atoms with Crippen molar-refractivity contribution in [3.8, 4) is 0 Å². The largest absolute Gasteiger partial charge is 0.370 e. The lowest BCUT2D eigenvalue weighted by Gasteiger charge is -2.33. The van der Waals surface area contributed by atoms with Crippen molar-refractivity contribution >= 4 is 17.6 Å². The Morgan fingerprint density at radius 1 is 1.38 bits per heavy atom. The highest BCUT2D eigenvalue weighted by Crippen LogP contribution is 2.17. The molecule has 7 nitrogen and oxygen atoms in total. The molecular formula is C14H21N5O2. The van der Waals surface area contributed by atoms with E-state index in [1.165, 1.54) is 0 Å². The maximum absolute atomic E-state index is 11.8. The van der Waals surface area contributed by atoms with Crippen LogP contribution in [-0.2, 0) is 9.59 Å². The number of carbonyl (C=O) groups excluding carboxylic acids is 2. The van der Waals surface area contributed by atoms with Crippen LogP contribution < -0.4 is 21.7 Å². The van der Waals surface area contributed by atoms with Gasteiger partial charge in [-0.15, -0.1) is 0 Å². The lowest BCUT2D eigenvalue weighted by Crippen LogP contribution is -2.50. The molecule has 0 aliphatic carbocycles. The summed E-state index contributed by atoms with van der Waals surface area (Å²) >= 11 is 0. The number of piperidine rings is 1. The predicted molar refractivity (Wildman–Crippen MR) is 79.4 cm³/mol. The maximum Gasteiger partial charge on any atom is 0.237 e. The summed E-state index contributed by atoms with van der Waals surface area (Å²) in [5.74, 6) is 0.0698.